The molecule has 1 radical (unpaired) electrons. The van der Waals surface area contributed by atoms with Gasteiger partial charge in [0.2, 0.25) is 0 Å². The largest absolute Gasteiger partial charge is 0.226 e. The van der Waals surface area contributed by atoms with Crippen molar-refractivity contribution in [3.8, 4) is 11.1 Å². The first-order valence-electron chi connectivity index (χ1n) is 15.0. The van der Waals surface area contributed by atoms with Crippen LogP contribution in [-0.4, -0.2) is 0 Å². The Kier molecular flexibility index (Phi) is 20.4. The Morgan fingerprint density at radius 3 is 1.56 bits per heavy atom. The van der Waals surface area contributed by atoms with Crippen molar-refractivity contribution in [3.63, 3.8) is 0 Å². The van der Waals surface area contributed by atoms with Crippen LogP contribution in [-0.2, 0) is 32.7 Å². The Morgan fingerprint density at radius 1 is 0.415 bits per heavy atom. The molecule has 0 atom stereocenters. The van der Waals surface area contributed by atoms with Gasteiger partial charge in [-0.3, -0.25) is 0 Å². The maximum Gasteiger partial charge on any atom is 0 e. The SMILES string of the molecule is CC.CC.CC.CC.Cc1cc2c3ccccc3ccc2c2ccccc12.Cc1cc[c-]c(-c2[c-]cccc2)c1.[Y]. The second-order valence-corrected chi connectivity index (χ2v) is 8.18. The molecule has 6 aromatic rings. The molecule has 0 heterocycles. The molecule has 0 saturated heterocycles. The fourth-order valence-corrected chi connectivity index (χ4v) is 4.34. The summed E-state index contributed by atoms with van der Waals surface area (Å²) < 4.78 is 0. The van der Waals surface area contributed by atoms with Crippen molar-refractivity contribution in [2.45, 2.75) is 69.2 Å². The van der Waals surface area contributed by atoms with Crippen LogP contribution in [0.25, 0.3) is 43.4 Å². The Bertz CT molecular complexity index is 1530. The van der Waals surface area contributed by atoms with Crippen molar-refractivity contribution in [1.82, 2.24) is 0 Å². The molecule has 0 saturated carbocycles. The topological polar surface area (TPSA) is 0 Å². The molecule has 0 bridgehead atoms. The minimum absolute atomic E-state index is 0. The molecular weight excluding hydrogens is 569 g/mol. The van der Waals surface area contributed by atoms with E-state index in [9.17, 15) is 0 Å². The first-order valence-corrected chi connectivity index (χ1v) is 15.0. The molecule has 0 nitrogen and oxygen atoms in total. The summed E-state index contributed by atoms with van der Waals surface area (Å²) in [6.45, 7) is 20.3. The standard InChI is InChI=1S/C19H14.C13H10.4C2H6.Y/c1-13-12-19-16-8-3-2-6-14(16)10-11-18(19)17-9-5-4-7-15(13)17;1-11-6-5-9-13(10-11)12-7-3-2-4-8-12;4*1-2;/h2-12H,1H3;2-7,10H,1H3;4*1-2H3;/q;-2;;;;;. The third-order valence-corrected chi connectivity index (χ3v) is 5.93. The Balaban J connectivity index is 0.000000641. The average Bonchev–Trinajstić information content (AvgIpc) is 3.06. The van der Waals surface area contributed by atoms with Crippen LogP contribution in [0.15, 0.2) is 109 Å². The summed E-state index contributed by atoms with van der Waals surface area (Å²) in [5, 5.41) is 8.06. The van der Waals surface area contributed by atoms with Gasteiger partial charge in [-0.05, 0) is 44.8 Å². The molecule has 213 valence electrons. The van der Waals surface area contributed by atoms with Crippen LogP contribution in [0.3, 0.4) is 0 Å². The van der Waals surface area contributed by atoms with E-state index in [1.54, 1.807) is 0 Å². The van der Waals surface area contributed by atoms with Gasteiger partial charge in [-0.25, -0.2) is 11.1 Å². The summed E-state index contributed by atoms with van der Waals surface area (Å²) in [5.74, 6) is 0. The molecule has 0 N–H and O–H groups in total. The van der Waals surface area contributed by atoms with E-state index in [0.717, 1.165) is 11.1 Å². The van der Waals surface area contributed by atoms with E-state index >= 15 is 0 Å². The molecule has 41 heavy (non-hydrogen) atoms. The van der Waals surface area contributed by atoms with Crippen molar-refractivity contribution >= 4 is 32.3 Å². The molecule has 0 aliphatic heterocycles. The predicted molar refractivity (Wildman–Crippen MR) is 183 cm³/mol. The van der Waals surface area contributed by atoms with Gasteiger partial charge < -0.3 is 0 Å². The monoisotopic (exact) mass is 617 g/mol. The van der Waals surface area contributed by atoms with Crippen LogP contribution < -0.4 is 0 Å². The molecular formula is C40H48Y-2. The molecule has 0 unspecified atom stereocenters. The summed E-state index contributed by atoms with van der Waals surface area (Å²) in [6, 6.07) is 44.5. The van der Waals surface area contributed by atoms with Gasteiger partial charge in [0.05, 0.1) is 0 Å². The number of aryl methyl sites for hydroxylation is 2. The summed E-state index contributed by atoms with van der Waals surface area (Å²) in [7, 11) is 0. The molecule has 0 aromatic heterocycles. The van der Waals surface area contributed by atoms with Crippen molar-refractivity contribution in [2.24, 2.45) is 0 Å². The number of fused-ring (bicyclic) bond motifs is 5. The van der Waals surface area contributed by atoms with Crippen molar-refractivity contribution in [3.05, 3.63) is 132 Å². The van der Waals surface area contributed by atoms with Gasteiger partial charge in [0, 0.05) is 32.7 Å². The quantitative estimate of drug-likeness (QED) is 0.127. The van der Waals surface area contributed by atoms with Crippen LogP contribution in [0.5, 0.6) is 0 Å². The smallest absolute Gasteiger partial charge is 0 e. The molecule has 1 heteroatoms. The van der Waals surface area contributed by atoms with Crippen LogP contribution in [0.2, 0.25) is 0 Å². The molecule has 0 aliphatic carbocycles. The van der Waals surface area contributed by atoms with Crippen LogP contribution in [0.4, 0.5) is 0 Å². The van der Waals surface area contributed by atoms with E-state index < -0.39 is 0 Å². The number of hydrogen-bond donors (Lipinski definition) is 0. The molecule has 0 spiro atoms. The van der Waals surface area contributed by atoms with Crippen molar-refractivity contribution in [2.75, 3.05) is 0 Å². The fourth-order valence-electron chi connectivity index (χ4n) is 4.34. The van der Waals surface area contributed by atoms with E-state index in [0.29, 0.717) is 0 Å². The fraction of sp³-hybridized carbons (Fsp3) is 0.250. The van der Waals surface area contributed by atoms with Gasteiger partial charge in [0.1, 0.15) is 0 Å². The van der Waals surface area contributed by atoms with Crippen molar-refractivity contribution < 1.29 is 32.7 Å². The number of benzene rings is 6. The third kappa shape index (κ3) is 10.5. The maximum absolute atomic E-state index is 3.19. The van der Waals surface area contributed by atoms with Gasteiger partial charge >= 0.3 is 0 Å². The van der Waals surface area contributed by atoms with Crippen LogP contribution in [0.1, 0.15) is 66.5 Å². The maximum atomic E-state index is 3.19. The van der Waals surface area contributed by atoms with Crippen molar-refractivity contribution in [1.29, 1.82) is 0 Å². The van der Waals surface area contributed by atoms with Crippen LogP contribution in [0, 0.1) is 26.0 Å². The molecule has 0 aliphatic rings. The van der Waals surface area contributed by atoms with Gasteiger partial charge in [-0.2, -0.15) is 42.5 Å². The first kappa shape index (κ1) is 38.2. The second kappa shape index (κ2) is 21.9. The molecule has 0 amide bonds. The van der Waals surface area contributed by atoms with Gasteiger partial charge in [-0.1, -0.05) is 129 Å². The average molecular weight is 618 g/mol. The van der Waals surface area contributed by atoms with E-state index in [1.165, 1.54) is 43.4 Å². The Labute approximate surface area is 276 Å². The zero-order valence-electron chi connectivity index (χ0n) is 27.0. The molecule has 6 rings (SSSR count). The Morgan fingerprint density at radius 2 is 0.951 bits per heavy atom. The Hall–Kier alpha value is -2.80. The summed E-state index contributed by atoms with van der Waals surface area (Å²) >= 11 is 0. The minimum Gasteiger partial charge on any atom is -0.226 e. The van der Waals surface area contributed by atoms with Gasteiger partial charge in [-0.15, -0.1) is 17.7 Å². The zero-order chi connectivity index (χ0) is 29.9. The summed E-state index contributed by atoms with van der Waals surface area (Å²) in [5.41, 5.74) is 4.82. The second-order valence-electron chi connectivity index (χ2n) is 8.18. The van der Waals surface area contributed by atoms with E-state index in [1.807, 2.05) is 91.8 Å². The summed E-state index contributed by atoms with van der Waals surface area (Å²) in [6.07, 6.45) is 0. The van der Waals surface area contributed by atoms with Gasteiger partial charge in [0.15, 0.2) is 0 Å². The minimum atomic E-state index is 0. The van der Waals surface area contributed by atoms with Gasteiger partial charge in [0.25, 0.3) is 0 Å². The van der Waals surface area contributed by atoms with Crippen LogP contribution >= 0.6 is 0 Å². The normalized spacial score (nSPS) is 9.02. The zero-order valence-corrected chi connectivity index (χ0v) is 29.8. The van der Waals surface area contributed by atoms with E-state index in [2.05, 4.69) is 98.8 Å². The number of hydrogen-bond acceptors (Lipinski definition) is 0. The first-order chi connectivity index (χ1) is 19.7. The summed E-state index contributed by atoms with van der Waals surface area (Å²) in [4.78, 5) is 0. The number of rotatable bonds is 1. The molecule has 0 fully saturated rings. The van der Waals surface area contributed by atoms with E-state index in [-0.39, 0.29) is 32.7 Å². The molecule has 6 aromatic carbocycles. The predicted octanol–water partition coefficient (Wildman–Crippen LogP) is 12.8. The third-order valence-electron chi connectivity index (χ3n) is 5.93. The van der Waals surface area contributed by atoms with E-state index in [4.69, 9.17) is 0 Å².